The zero-order valence-electron chi connectivity index (χ0n) is 5.95. The van der Waals surface area contributed by atoms with Crippen molar-refractivity contribution in [1.82, 2.24) is 0 Å². The van der Waals surface area contributed by atoms with Gasteiger partial charge in [-0.1, -0.05) is 0 Å². The molecule has 10 heavy (non-hydrogen) atoms. The lowest BCUT2D eigenvalue weighted by Gasteiger charge is -2.28. The maximum absolute atomic E-state index is 10.3. The molecular formula is C7H11NO2. The van der Waals surface area contributed by atoms with Crippen molar-refractivity contribution in [3.63, 3.8) is 0 Å². The minimum Gasteiger partial charge on any atom is -0.481 e. The van der Waals surface area contributed by atoms with Crippen LogP contribution < -0.4 is 0 Å². The Labute approximate surface area is 59.8 Å². The highest BCUT2D eigenvalue weighted by molar-refractivity contribution is 5.74. The van der Waals surface area contributed by atoms with E-state index in [-0.39, 0.29) is 5.92 Å². The summed E-state index contributed by atoms with van der Waals surface area (Å²) in [5.74, 6) is -0.352. The van der Waals surface area contributed by atoms with Gasteiger partial charge in [-0.15, -0.1) is 0 Å². The predicted molar refractivity (Wildman–Crippen MR) is 38.3 cm³/mol. The van der Waals surface area contributed by atoms with Gasteiger partial charge in [0.2, 0.25) is 0 Å². The fraction of sp³-hybridized carbons (Fsp3) is 0.714. The molecule has 1 saturated carbocycles. The zero-order chi connectivity index (χ0) is 7.56. The number of hydrogen-bond donors (Lipinski definition) is 1. The predicted octanol–water partition coefficient (Wildman–Crippen LogP) is 0.798. The van der Waals surface area contributed by atoms with E-state index < -0.39 is 5.97 Å². The minimum atomic E-state index is -0.666. The lowest BCUT2D eigenvalue weighted by atomic mass is 9.76. The van der Waals surface area contributed by atoms with Crippen LogP contribution in [0.3, 0.4) is 0 Å². The van der Waals surface area contributed by atoms with Gasteiger partial charge in [0.25, 0.3) is 0 Å². The van der Waals surface area contributed by atoms with E-state index in [1.807, 2.05) is 6.21 Å². The summed E-state index contributed by atoms with van der Waals surface area (Å²) in [4.78, 5) is 14.1. The molecule has 0 spiro atoms. The quantitative estimate of drug-likeness (QED) is 0.578. The van der Waals surface area contributed by atoms with Gasteiger partial charge in [0, 0.05) is 13.3 Å². The zero-order valence-corrected chi connectivity index (χ0v) is 5.95. The number of nitrogens with zero attached hydrogens (tertiary/aromatic N) is 1. The summed E-state index contributed by atoms with van der Waals surface area (Å²) in [5, 5.41) is 8.47. The summed E-state index contributed by atoms with van der Waals surface area (Å²) in [6.45, 7) is 0. The van der Waals surface area contributed by atoms with Crippen LogP contribution in [-0.4, -0.2) is 24.3 Å². The molecule has 56 valence electrons. The fourth-order valence-electron chi connectivity index (χ4n) is 1.20. The molecule has 0 aromatic heterocycles. The summed E-state index contributed by atoms with van der Waals surface area (Å²) in [7, 11) is 1.72. The van der Waals surface area contributed by atoms with Crippen molar-refractivity contribution in [3.05, 3.63) is 0 Å². The molecule has 3 heteroatoms. The number of aliphatic carboxylic acids is 1. The smallest absolute Gasteiger partial charge is 0.306 e. The first-order chi connectivity index (χ1) is 4.74. The van der Waals surface area contributed by atoms with Gasteiger partial charge < -0.3 is 10.1 Å². The van der Waals surface area contributed by atoms with Crippen LogP contribution in [0.1, 0.15) is 12.8 Å². The largest absolute Gasteiger partial charge is 0.481 e. The van der Waals surface area contributed by atoms with Gasteiger partial charge in [0.1, 0.15) is 0 Å². The van der Waals surface area contributed by atoms with Crippen LogP contribution in [0.25, 0.3) is 0 Å². The molecule has 3 nitrogen and oxygen atoms in total. The molecule has 0 saturated heterocycles. The van der Waals surface area contributed by atoms with Crippen LogP contribution in [0, 0.1) is 11.8 Å². The SMILES string of the molecule is CN=C[C@H]1C[C@H](C(=O)O)C1. The van der Waals surface area contributed by atoms with E-state index in [2.05, 4.69) is 4.99 Å². The summed E-state index contributed by atoms with van der Waals surface area (Å²) < 4.78 is 0. The second-order valence-electron chi connectivity index (χ2n) is 2.67. The average molecular weight is 141 g/mol. The van der Waals surface area contributed by atoms with E-state index in [0.717, 1.165) is 12.8 Å². The number of carbonyl (C=O) groups is 1. The van der Waals surface area contributed by atoms with E-state index >= 15 is 0 Å². The third-order valence-corrected chi connectivity index (χ3v) is 1.88. The number of carboxylic acids is 1. The van der Waals surface area contributed by atoms with Crippen LogP contribution in [0.15, 0.2) is 4.99 Å². The monoisotopic (exact) mass is 141 g/mol. The molecule has 1 aliphatic rings. The molecule has 1 fully saturated rings. The van der Waals surface area contributed by atoms with Crippen LogP contribution in [-0.2, 0) is 4.79 Å². The van der Waals surface area contributed by atoms with Gasteiger partial charge in [-0.2, -0.15) is 0 Å². The van der Waals surface area contributed by atoms with Crippen molar-refractivity contribution >= 4 is 12.2 Å². The lowest BCUT2D eigenvalue weighted by Crippen LogP contribution is -2.30. The Morgan fingerprint density at radius 2 is 2.30 bits per heavy atom. The van der Waals surface area contributed by atoms with Crippen LogP contribution in [0.2, 0.25) is 0 Å². The number of rotatable bonds is 2. The normalized spacial score (nSPS) is 32.1. The summed E-state index contributed by atoms with van der Waals surface area (Å²) in [6.07, 6.45) is 3.37. The van der Waals surface area contributed by atoms with Crippen molar-refractivity contribution in [3.8, 4) is 0 Å². The summed E-state index contributed by atoms with van der Waals surface area (Å²) >= 11 is 0. The molecule has 0 amide bonds. The van der Waals surface area contributed by atoms with E-state index in [1.54, 1.807) is 7.05 Å². The maximum Gasteiger partial charge on any atom is 0.306 e. The molecule has 1 aliphatic carbocycles. The van der Waals surface area contributed by atoms with Crippen molar-refractivity contribution in [2.45, 2.75) is 12.8 Å². The van der Waals surface area contributed by atoms with Gasteiger partial charge in [-0.25, -0.2) is 0 Å². The van der Waals surface area contributed by atoms with Gasteiger partial charge in [-0.3, -0.25) is 4.79 Å². The Morgan fingerprint density at radius 3 is 2.70 bits per heavy atom. The first-order valence-corrected chi connectivity index (χ1v) is 3.39. The molecule has 0 aromatic carbocycles. The molecule has 0 aromatic rings. The molecule has 0 radical (unpaired) electrons. The van der Waals surface area contributed by atoms with Gasteiger partial charge in [0.05, 0.1) is 5.92 Å². The van der Waals surface area contributed by atoms with Crippen LogP contribution in [0.4, 0.5) is 0 Å². The van der Waals surface area contributed by atoms with Crippen molar-refractivity contribution < 1.29 is 9.90 Å². The number of carboxylic acid groups (broad SMARTS) is 1. The van der Waals surface area contributed by atoms with Gasteiger partial charge in [-0.05, 0) is 18.8 Å². The van der Waals surface area contributed by atoms with Gasteiger partial charge in [0.15, 0.2) is 0 Å². The van der Waals surface area contributed by atoms with Crippen molar-refractivity contribution in [2.75, 3.05) is 7.05 Å². The Balaban J connectivity index is 2.24. The lowest BCUT2D eigenvalue weighted by molar-refractivity contribution is -0.145. The van der Waals surface area contributed by atoms with Crippen molar-refractivity contribution in [2.24, 2.45) is 16.8 Å². The van der Waals surface area contributed by atoms with E-state index in [4.69, 9.17) is 5.11 Å². The second kappa shape index (κ2) is 2.82. The third kappa shape index (κ3) is 1.35. The average Bonchev–Trinajstić information content (AvgIpc) is 1.76. The molecule has 1 N–H and O–H groups in total. The third-order valence-electron chi connectivity index (χ3n) is 1.88. The Hall–Kier alpha value is -0.860. The maximum atomic E-state index is 10.3. The van der Waals surface area contributed by atoms with Gasteiger partial charge >= 0.3 is 5.97 Å². The van der Waals surface area contributed by atoms with Crippen LogP contribution in [0.5, 0.6) is 0 Å². The molecule has 0 bridgehead atoms. The summed E-state index contributed by atoms with van der Waals surface area (Å²) in [5.41, 5.74) is 0. The summed E-state index contributed by atoms with van der Waals surface area (Å²) in [6, 6.07) is 0. The highest BCUT2D eigenvalue weighted by Crippen LogP contribution is 2.32. The van der Waals surface area contributed by atoms with Crippen molar-refractivity contribution in [1.29, 1.82) is 0 Å². The highest BCUT2D eigenvalue weighted by Gasteiger charge is 2.32. The van der Waals surface area contributed by atoms with E-state index in [0.29, 0.717) is 5.92 Å². The first-order valence-electron chi connectivity index (χ1n) is 3.39. The second-order valence-corrected chi connectivity index (χ2v) is 2.67. The molecular weight excluding hydrogens is 130 g/mol. The fourth-order valence-corrected chi connectivity index (χ4v) is 1.20. The van der Waals surface area contributed by atoms with E-state index in [1.165, 1.54) is 0 Å². The Kier molecular flexibility index (Phi) is 2.04. The number of aliphatic imine (C=N–C) groups is 1. The molecule has 0 aliphatic heterocycles. The molecule has 0 heterocycles. The molecule has 0 unspecified atom stereocenters. The number of hydrogen-bond acceptors (Lipinski definition) is 2. The first kappa shape index (κ1) is 7.25. The van der Waals surface area contributed by atoms with Crippen LogP contribution >= 0.6 is 0 Å². The van der Waals surface area contributed by atoms with E-state index in [9.17, 15) is 4.79 Å². The Bertz CT molecular complexity index is 159. The highest BCUT2D eigenvalue weighted by atomic mass is 16.4. The Morgan fingerprint density at radius 1 is 1.70 bits per heavy atom. The minimum absolute atomic E-state index is 0.108. The topological polar surface area (TPSA) is 49.7 Å². The standard InChI is InChI=1S/C7H11NO2/c1-8-4-5-2-6(3-5)7(9)10/h4-6H,2-3H2,1H3,(H,9,10)/t5-,6-. The molecule has 0 atom stereocenters. The molecule has 1 rings (SSSR count).